The molecule has 0 saturated carbocycles. The van der Waals surface area contributed by atoms with Gasteiger partial charge < -0.3 is 10.2 Å². The van der Waals surface area contributed by atoms with E-state index in [1.165, 1.54) is 25.9 Å². The van der Waals surface area contributed by atoms with Gasteiger partial charge in [-0.15, -0.1) is 5.10 Å². The first-order valence-corrected chi connectivity index (χ1v) is 7.60. The zero-order chi connectivity index (χ0) is 14.8. The van der Waals surface area contributed by atoms with Gasteiger partial charge in [0, 0.05) is 13.1 Å². The summed E-state index contributed by atoms with van der Waals surface area (Å²) in [5.74, 6) is 0. The van der Waals surface area contributed by atoms with Gasteiger partial charge in [0.2, 0.25) is 0 Å². The molecule has 0 atom stereocenters. The molecule has 0 spiro atoms. The second kappa shape index (κ2) is 5.82. The summed E-state index contributed by atoms with van der Waals surface area (Å²) in [5, 5.41) is 12.0. The van der Waals surface area contributed by atoms with Crippen LogP contribution < -0.4 is 5.32 Å². The number of nitrogens with zero attached hydrogens (tertiary/aromatic N) is 4. The van der Waals surface area contributed by atoms with Gasteiger partial charge in [0.15, 0.2) is 0 Å². The second-order valence-electron chi connectivity index (χ2n) is 7.54. The SMILES string of the molecule is CN1CCC(C)(CNCc2cn(C(C)(C)C)nn2)CC1. The Kier molecular flexibility index (Phi) is 4.49. The normalized spacial score (nSPS) is 20.2. The number of rotatable bonds is 4. The molecule has 1 aliphatic rings. The zero-order valence-electron chi connectivity index (χ0n) is 13.6. The molecule has 0 radical (unpaired) electrons. The van der Waals surface area contributed by atoms with Gasteiger partial charge in [0.1, 0.15) is 0 Å². The third kappa shape index (κ3) is 4.03. The molecule has 0 aromatic carbocycles. The highest BCUT2D eigenvalue weighted by molar-refractivity contribution is 4.95. The van der Waals surface area contributed by atoms with E-state index in [4.69, 9.17) is 0 Å². The van der Waals surface area contributed by atoms with Gasteiger partial charge in [-0.05, 0) is 59.2 Å². The van der Waals surface area contributed by atoms with E-state index < -0.39 is 0 Å². The van der Waals surface area contributed by atoms with Crippen molar-refractivity contribution in [2.75, 3.05) is 26.7 Å². The second-order valence-corrected chi connectivity index (χ2v) is 7.54. The molecule has 1 fully saturated rings. The van der Waals surface area contributed by atoms with Crippen LogP contribution in [0.1, 0.15) is 46.2 Å². The topological polar surface area (TPSA) is 46.0 Å². The first-order valence-electron chi connectivity index (χ1n) is 7.60. The molecule has 0 bridgehead atoms. The lowest BCUT2D eigenvalue weighted by atomic mass is 9.80. The van der Waals surface area contributed by atoms with E-state index in [0.717, 1.165) is 18.8 Å². The lowest BCUT2D eigenvalue weighted by Gasteiger charge is -2.38. The van der Waals surface area contributed by atoms with Crippen LogP contribution in [0.2, 0.25) is 0 Å². The first-order chi connectivity index (χ1) is 9.28. The van der Waals surface area contributed by atoms with Crippen LogP contribution in [0.4, 0.5) is 0 Å². The zero-order valence-corrected chi connectivity index (χ0v) is 13.6. The van der Waals surface area contributed by atoms with Crippen molar-refractivity contribution in [2.45, 2.75) is 52.6 Å². The summed E-state index contributed by atoms with van der Waals surface area (Å²) in [7, 11) is 2.21. The molecular formula is C15H29N5. The molecular weight excluding hydrogens is 250 g/mol. The fourth-order valence-electron chi connectivity index (χ4n) is 2.53. The molecule has 20 heavy (non-hydrogen) atoms. The maximum atomic E-state index is 4.24. The van der Waals surface area contributed by atoms with E-state index in [0.29, 0.717) is 5.41 Å². The molecule has 2 heterocycles. The molecule has 2 rings (SSSR count). The van der Waals surface area contributed by atoms with Gasteiger partial charge in [-0.25, -0.2) is 4.68 Å². The van der Waals surface area contributed by atoms with Crippen LogP contribution in [-0.2, 0) is 12.1 Å². The molecule has 5 heteroatoms. The minimum absolute atomic E-state index is 0.00514. The lowest BCUT2D eigenvalue weighted by molar-refractivity contribution is 0.136. The molecule has 1 aromatic heterocycles. The number of hydrogen-bond acceptors (Lipinski definition) is 4. The predicted octanol–water partition coefficient (Wildman–Crippen LogP) is 1.85. The summed E-state index contributed by atoms with van der Waals surface area (Å²) >= 11 is 0. The Hall–Kier alpha value is -0.940. The minimum Gasteiger partial charge on any atom is -0.311 e. The Morgan fingerprint density at radius 1 is 1.30 bits per heavy atom. The van der Waals surface area contributed by atoms with Crippen LogP contribution in [0, 0.1) is 5.41 Å². The number of piperidine rings is 1. The standard InChI is InChI=1S/C15H29N5/c1-14(2,3)20-11-13(17-18-20)10-16-12-15(4)6-8-19(5)9-7-15/h11,16H,6-10,12H2,1-5H3. The summed E-state index contributed by atoms with van der Waals surface area (Å²) in [6.07, 6.45) is 4.58. The van der Waals surface area contributed by atoms with Crippen LogP contribution in [0.25, 0.3) is 0 Å². The fraction of sp³-hybridized carbons (Fsp3) is 0.867. The summed E-state index contributed by atoms with van der Waals surface area (Å²) < 4.78 is 1.93. The third-order valence-electron chi connectivity index (χ3n) is 4.28. The van der Waals surface area contributed by atoms with Crippen LogP contribution in [-0.4, -0.2) is 46.6 Å². The number of hydrogen-bond donors (Lipinski definition) is 1. The van der Waals surface area contributed by atoms with Crippen molar-refractivity contribution < 1.29 is 0 Å². The van der Waals surface area contributed by atoms with Crippen molar-refractivity contribution in [1.29, 1.82) is 0 Å². The van der Waals surface area contributed by atoms with E-state index in [9.17, 15) is 0 Å². The van der Waals surface area contributed by atoms with Crippen molar-refractivity contribution in [3.05, 3.63) is 11.9 Å². The highest BCUT2D eigenvalue weighted by Crippen LogP contribution is 2.29. The van der Waals surface area contributed by atoms with Crippen LogP contribution in [0.3, 0.4) is 0 Å². The Morgan fingerprint density at radius 3 is 2.50 bits per heavy atom. The van der Waals surface area contributed by atoms with E-state index in [2.05, 4.69) is 55.3 Å². The van der Waals surface area contributed by atoms with Crippen molar-refractivity contribution in [2.24, 2.45) is 5.41 Å². The largest absolute Gasteiger partial charge is 0.311 e. The molecule has 1 aliphatic heterocycles. The van der Waals surface area contributed by atoms with Crippen molar-refractivity contribution in [1.82, 2.24) is 25.2 Å². The monoisotopic (exact) mass is 279 g/mol. The van der Waals surface area contributed by atoms with Gasteiger partial charge in [0.05, 0.1) is 17.4 Å². The van der Waals surface area contributed by atoms with Crippen molar-refractivity contribution >= 4 is 0 Å². The highest BCUT2D eigenvalue weighted by Gasteiger charge is 2.28. The maximum Gasteiger partial charge on any atom is 0.0965 e. The smallest absolute Gasteiger partial charge is 0.0965 e. The van der Waals surface area contributed by atoms with Gasteiger partial charge >= 0.3 is 0 Å². The number of likely N-dealkylation sites (tertiary alicyclic amines) is 1. The summed E-state index contributed by atoms with van der Waals surface area (Å²) in [4.78, 5) is 2.41. The molecule has 0 unspecified atom stereocenters. The number of aromatic nitrogens is 3. The average molecular weight is 279 g/mol. The molecule has 1 N–H and O–H groups in total. The fourth-order valence-corrected chi connectivity index (χ4v) is 2.53. The van der Waals surface area contributed by atoms with Crippen LogP contribution in [0.5, 0.6) is 0 Å². The first kappa shape index (κ1) is 15.4. The van der Waals surface area contributed by atoms with Crippen LogP contribution >= 0.6 is 0 Å². The van der Waals surface area contributed by atoms with E-state index >= 15 is 0 Å². The minimum atomic E-state index is 0.00514. The molecule has 1 aromatic rings. The van der Waals surface area contributed by atoms with Crippen molar-refractivity contribution in [3.63, 3.8) is 0 Å². The van der Waals surface area contributed by atoms with Crippen molar-refractivity contribution in [3.8, 4) is 0 Å². The van der Waals surface area contributed by atoms with Gasteiger partial charge in [-0.2, -0.15) is 0 Å². The summed E-state index contributed by atoms with van der Waals surface area (Å²) in [6.45, 7) is 13.1. The molecule has 5 nitrogen and oxygen atoms in total. The molecule has 114 valence electrons. The average Bonchev–Trinajstić information content (AvgIpc) is 2.82. The van der Waals surface area contributed by atoms with Gasteiger partial charge in [-0.3, -0.25) is 0 Å². The number of nitrogens with one attached hydrogen (secondary N) is 1. The molecule has 0 amide bonds. The summed E-state index contributed by atoms with van der Waals surface area (Å²) in [6, 6.07) is 0. The Bertz CT molecular complexity index is 424. The van der Waals surface area contributed by atoms with E-state index in [1.54, 1.807) is 0 Å². The Balaban J connectivity index is 1.80. The van der Waals surface area contributed by atoms with E-state index in [-0.39, 0.29) is 5.54 Å². The summed E-state index contributed by atoms with van der Waals surface area (Å²) in [5.41, 5.74) is 1.45. The molecule has 1 saturated heterocycles. The Morgan fingerprint density at radius 2 is 1.95 bits per heavy atom. The highest BCUT2D eigenvalue weighted by atomic mass is 15.4. The van der Waals surface area contributed by atoms with Gasteiger partial charge in [0.25, 0.3) is 0 Å². The third-order valence-corrected chi connectivity index (χ3v) is 4.28. The lowest BCUT2D eigenvalue weighted by Crippen LogP contribution is -2.41. The van der Waals surface area contributed by atoms with Crippen LogP contribution in [0.15, 0.2) is 6.20 Å². The van der Waals surface area contributed by atoms with E-state index in [1.807, 2.05) is 10.9 Å². The van der Waals surface area contributed by atoms with Gasteiger partial charge in [-0.1, -0.05) is 12.1 Å². The Labute approximate surface area is 122 Å². The quantitative estimate of drug-likeness (QED) is 0.914. The molecule has 0 aliphatic carbocycles. The predicted molar refractivity (Wildman–Crippen MR) is 81.6 cm³/mol. The maximum absolute atomic E-state index is 4.24.